The second kappa shape index (κ2) is 9.74. The van der Waals surface area contributed by atoms with Crippen LogP contribution in [-0.4, -0.2) is 57.0 Å². The second-order valence-corrected chi connectivity index (χ2v) is 10.2. The molecule has 0 saturated carbocycles. The molecule has 3 heterocycles. The Balaban J connectivity index is 1.43. The number of benzene rings is 1. The summed E-state index contributed by atoms with van der Waals surface area (Å²) in [6.45, 7) is 3.24. The molecule has 0 aliphatic carbocycles. The summed E-state index contributed by atoms with van der Waals surface area (Å²) < 4.78 is 29.8. The highest BCUT2D eigenvalue weighted by Gasteiger charge is 2.20. The van der Waals surface area contributed by atoms with Gasteiger partial charge in [-0.2, -0.15) is 5.10 Å². The van der Waals surface area contributed by atoms with Gasteiger partial charge < -0.3 is 9.88 Å². The van der Waals surface area contributed by atoms with Crippen molar-refractivity contribution in [2.24, 2.45) is 0 Å². The topological polar surface area (TPSA) is 115 Å². The van der Waals surface area contributed by atoms with Crippen LogP contribution >= 0.6 is 0 Å². The lowest BCUT2D eigenvalue weighted by atomic mass is 10.2. The normalized spacial score (nSPS) is 11.9. The van der Waals surface area contributed by atoms with Crippen LogP contribution in [0, 0.1) is 0 Å². The maximum atomic E-state index is 12.5. The molecule has 0 saturated heterocycles. The average molecular weight is 482 g/mol. The minimum Gasteiger partial charge on any atom is -0.328 e. The third-order valence-electron chi connectivity index (χ3n) is 5.47. The molecule has 0 bridgehead atoms. The van der Waals surface area contributed by atoms with Gasteiger partial charge >= 0.3 is 0 Å². The Kier molecular flexibility index (Phi) is 6.75. The number of sulfonamides is 1. The van der Waals surface area contributed by atoms with Gasteiger partial charge in [-0.15, -0.1) is 0 Å². The van der Waals surface area contributed by atoms with E-state index in [0.29, 0.717) is 30.8 Å². The summed E-state index contributed by atoms with van der Waals surface area (Å²) in [6, 6.07) is 10.5. The molecule has 3 aromatic heterocycles. The van der Waals surface area contributed by atoms with E-state index in [0.717, 1.165) is 16.9 Å². The fourth-order valence-electron chi connectivity index (χ4n) is 3.70. The highest BCUT2D eigenvalue weighted by Crippen LogP contribution is 2.23. The lowest BCUT2D eigenvalue weighted by Gasteiger charge is -2.11. The van der Waals surface area contributed by atoms with E-state index in [1.807, 2.05) is 29.8 Å². The molecule has 178 valence electrons. The maximum absolute atomic E-state index is 12.5. The van der Waals surface area contributed by atoms with Crippen LogP contribution < -0.4 is 5.32 Å². The number of pyridine rings is 1. The van der Waals surface area contributed by atoms with E-state index in [9.17, 15) is 13.2 Å². The van der Waals surface area contributed by atoms with E-state index >= 15 is 0 Å². The maximum Gasteiger partial charge on any atom is 0.242 e. The minimum atomic E-state index is -3.55. The largest absolute Gasteiger partial charge is 0.328 e. The van der Waals surface area contributed by atoms with Crippen molar-refractivity contribution in [3.63, 3.8) is 0 Å². The molecule has 0 aliphatic rings. The Morgan fingerprint density at radius 2 is 1.88 bits per heavy atom. The Bertz CT molecular complexity index is 1410. The molecule has 0 atom stereocenters. The van der Waals surface area contributed by atoms with Crippen LogP contribution in [0.15, 0.2) is 59.9 Å². The average Bonchev–Trinajstić information content (AvgIpc) is 3.40. The van der Waals surface area contributed by atoms with Crippen LogP contribution in [0.1, 0.15) is 24.7 Å². The van der Waals surface area contributed by atoms with Gasteiger partial charge in [0.15, 0.2) is 5.82 Å². The lowest BCUT2D eigenvalue weighted by Crippen LogP contribution is -2.22. The van der Waals surface area contributed by atoms with E-state index in [-0.39, 0.29) is 17.2 Å². The zero-order chi connectivity index (χ0) is 24.3. The summed E-state index contributed by atoms with van der Waals surface area (Å²) >= 11 is 0. The molecule has 1 amide bonds. The van der Waals surface area contributed by atoms with E-state index in [1.165, 1.54) is 18.4 Å². The number of nitrogens with zero attached hydrogens (tertiary/aromatic N) is 6. The molecule has 0 radical (unpaired) electrons. The van der Waals surface area contributed by atoms with Crippen molar-refractivity contribution >= 4 is 32.8 Å². The zero-order valence-corrected chi connectivity index (χ0v) is 20.2. The minimum absolute atomic E-state index is 0.167. The quantitative estimate of drug-likeness (QED) is 0.393. The molecule has 0 fully saturated rings. The van der Waals surface area contributed by atoms with E-state index in [2.05, 4.69) is 20.4 Å². The number of carbonyl (C=O) groups is 1. The monoisotopic (exact) mass is 481 g/mol. The number of amides is 1. The van der Waals surface area contributed by atoms with Gasteiger partial charge in [0.1, 0.15) is 5.82 Å². The highest BCUT2D eigenvalue weighted by molar-refractivity contribution is 7.89. The fourth-order valence-corrected chi connectivity index (χ4v) is 4.62. The van der Waals surface area contributed by atoms with Crippen molar-refractivity contribution in [2.45, 2.75) is 37.8 Å². The summed E-state index contributed by atoms with van der Waals surface area (Å²) in [7, 11) is -0.556. The molecular formula is C23H27N7O3S. The van der Waals surface area contributed by atoms with Crippen LogP contribution in [0.3, 0.4) is 0 Å². The number of aryl methyl sites for hydroxylation is 2. The Labute approximate surface area is 198 Å². The van der Waals surface area contributed by atoms with Gasteiger partial charge in [-0.05, 0) is 42.8 Å². The molecule has 1 N–H and O–H groups in total. The van der Waals surface area contributed by atoms with Crippen molar-refractivity contribution in [3.8, 4) is 0 Å². The lowest BCUT2D eigenvalue weighted by molar-refractivity contribution is -0.116. The Morgan fingerprint density at radius 1 is 1.12 bits per heavy atom. The Hall–Kier alpha value is -3.57. The molecule has 10 nitrogen and oxygen atoms in total. The number of imidazole rings is 1. The number of carbonyl (C=O) groups excluding carboxylic acids is 1. The van der Waals surface area contributed by atoms with Crippen LogP contribution in [0.4, 0.5) is 5.82 Å². The van der Waals surface area contributed by atoms with E-state index in [4.69, 9.17) is 0 Å². The molecule has 0 spiro atoms. The summed E-state index contributed by atoms with van der Waals surface area (Å²) in [5.74, 6) is 1.05. The summed E-state index contributed by atoms with van der Waals surface area (Å²) in [4.78, 5) is 21.4. The van der Waals surface area contributed by atoms with Crippen molar-refractivity contribution < 1.29 is 13.2 Å². The van der Waals surface area contributed by atoms with Crippen LogP contribution in [0.5, 0.6) is 0 Å². The molecular weight excluding hydrogens is 454 g/mol. The second-order valence-electron chi connectivity index (χ2n) is 8.01. The number of hydrogen-bond acceptors (Lipinski definition) is 6. The highest BCUT2D eigenvalue weighted by atomic mass is 32.2. The molecule has 1 aromatic carbocycles. The standard InChI is InChI=1S/C23H27N7O3S/c1-4-30-20-6-5-18(34(32,33)28(2)3)15-19(20)25-22(30)7-8-23(31)26-21-11-14-29(27-21)16-17-9-12-24-13-10-17/h5-6,9-15H,4,7-8,16H2,1-3H3,(H,26,27,31). The zero-order valence-electron chi connectivity index (χ0n) is 19.3. The summed E-state index contributed by atoms with van der Waals surface area (Å²) in [5.41, 5.74) is 2.50. The van der Waals surface area contributed by atoms with Crippen molar-refractivity contribution in [1.82, 2.24) is 28.6 Å². The summed E-state index contributed by atoms with van der Waals surface area (Å²) in [5, 5.41) is 7.22. The van der Waals surface area contributed by atoms with Crippen LogP contribution in [0.2, 0.25) is 0 Å². The van der Waals surface area contributed by atoms with E-state index < -0.39 is 10.0 Å². The third kappa shape index (κ3) is 5.00. The van der Waals surface area contributed by atoms with Crippen molar-refractivity contribution in [3.05, 3.63) is 66.4 Å². The number of anilines is 1. The van der Waals surface area contributed by atoms with Crippen molar-refractivity contribution in [1.29, 1.82) is 0 Å². The first-order valence-electron chi connectivity index (χ1n) is 10.9. The first-order valence-corrected chi connectivity index (χ1v) is 12.4. The number of rotatable bonds is 9. The number of hydrogen-bond donors (Lipinski definition) is 1. The van der Waals surface area contributed by atoms with Crippen molar-refractivity contribution in [2.75, 3.05) is 19.4 Å². The van der Waals surface area contributed by atoms with Crippen LogP contribution in [-0.2, 0) is 34.3 Å². The number of aromatic nitrogens is 5. The molecule has 0 unspecified atom stereocenters. The van der Waals surface area contributed by atoms with Gasteiger partial charge in [0.25, 0.3) is 0 Å². The molecule has 34 heavy (non-hydrogen) atoms. The predicted octanol–water partition coefficient (Wildman–Crippen LogP) is 2.52. The van der Waals surface area contributed by atoms with Crippen LogP contribution in [0.25, 0.3) is 11.0 Å². The van der Waals surface area contributed by atoms with Gasteiger partial charge in [-0.1, -0.05) is 0 Å². The van der Waals surface area contributed by atoms with E-state index in [1.54, 1.807) is 41.3 Å². The first kappa shape index (κ1) is 23.6. The van der Waals surface area contributed by atoms with Gasteiger partial charge in [0.05, 0.1) is 22.5 Å². The summed E-state index contributed by atoms with van der Waals surface area (Å²) in [6.07, 6.45) is 5.91. The first-order chi connectivity index (χ1) is 16.3. The fraction of sp³-hybridized carbons (Fsp3) is 0.304. The molecule has 4 rings (SSSR count). The number of nitrogens with one attached hydrogen (secondary N) is 1. The van der Waals surface area contributed by atoms with Gasteiger partial charge in [-0.3, -0.25) is 14.5 Å². The van der Waals surface area contributed by atoms with Gasteiger partial charge in [-0.25, -0.2) is 17.7 Å². The molecule has 0 aliphatic heterocycles. The Morgan fingerprint density at radius 3 is 2.59 bits per heavy atom. The number of fused-ring (bicyclic) bond motifs is 1. The van der Waals surface area contributed by atoms with Gasteiger partial charge in [0, 0.05) is 58.1 Å². The SMILES string of the molecule is CCn1c(CCC(=O)Nc2ccn(Cc3ccncc3)n2)nc2cc(S(=O)(=O)N(C)C)ccc21. The molecule has 11 heteroatoms. The molecule has 4 aromatic rings. The third-order valence-corrected chi connectivity index (χ3v) is 7.28. The smallest absolute Gasteiger partial charge is 0.242 e. The van der Waals surface area contributed by atoms with Gasteiger partial charge in [0.2, 0.25) is 15.9 Å². The predicted molar refractivity (Wildman–Crippen MR) is 129 cm³/mol.